The average Bonchev–Trinajstić information content (AvgIpc) is 3.30. The van der Waals surface area contributed by atoms with Crippen LogP contribution in [0.5, 0.6) is 0 Å². The molecule has 0 spiro atoms. The zero-order chi connectivity index (χ0) is 16.9. The Morgan fingerprint density at radius 2 is 2.00 bits per heavy atom. The number of nitrogens with zero attached hydrogens (tertiary/aromatic N) is 3. The van der Waals surface area contributed by atoms with E-state index < -0.39 is 0 Å². The van der Waals surface area contributed by atoms with Crippen LogP contribution >= 0.6 is 0 Å². The first-order valence-corrected chi connectivity index (χ1v) is 9.36. The van der Waals surface area contributed by atoms with Gasteiger partial charge >= 0.3 is 0 Å². The van der Waals surface area contributed by atoms with E-state index in [1.165, 1.54) is 32.1 Å². The first kappa shape index (κ1) is 17.4. The van der Waals surface area contributed by atoms with Crippen molar-refractivity contribution in [3.8, 4) is 0 Å². The summed E-state index contributed by atoms with van der Waals surface area (Å²) in [6, 6.07) is 0.691. The number of hydrogen-bond acceptors (Lipinski definition) is 4. The van der Waals surface area contributed by atoms with Crippen LogP contribution in [-0.4, -0.2) is 72.2 Å². The first-order valence-electron chi connectivity index (χ1n) is 9.36. The molecule has 1 unspecified atom stereocenters. The van der Waals surface area contributed by atoms with E-state index >= 15 is 0 Å². The third kappa shape index (κ3) is 3.98. The lowest BCUT2D eigenvalue weighted by atomic mass is 9.94. The van der Waals surface area contributed by atoms with Crippen molar-refractivity contribution in [2.24, 2.45) is 0 Å². The van der Waals surface area contributed by atoms with Gasteiger partial charge in [0.1, 0.15) is 0 Å². The molecular weight excluding hydrogens is 302 g/mol. The van der Waals surface area contributed by atoms with Crippen molar-refractivity contribution in [3.63, 3.8) is 0 Å². The van der Waals surface area contributed by atoms with Gasteiger partial charge in [-0.3, -0.25) is 9.89 Å². The van der Waals surface area contributed by atoms with Gasteiger partial charge in [-0.1, -0.05) is 19.3 Å². The van der Waals surface area contributed by atoms with Gasteiger partial charge < -0.3 is 15.1 Å². The summed E-state index contributed by atoms with van der Waals surface area (Å²) in [5, 5.41) is 10.5. The van der Waals surface area contributed by atoms with E-state index in [9.17, 15) is 4.79 Å². The summed E-state index contributed by atoms with van der Waals surface area (Å²) in [7, 11) is 4.10. The summed E-state index contributed by atoms with van der Waals surface area (Å²) >= 11 is 0. The molecule has 134 valence electrons. The highest BCUT2D eigenvalue weighted by Crippen LogP contribution is 2.24. The molecule has 2 aliphatic rings. The third-order valence-corrected chi connectivity index (χ3v) is 5.70. The van der Waals surface area contributed by atoms with Crippen LogP contribution in [0.2, 0.25) is 0 Å². The zero-order valence-corrected chi connectivity index (χ0v) is 15.1. The Kier molecular flexibility index (Phi) is 5.89. The summed E-state index contributed by atoms with van der Waals surface area (Å²) in [4.78, 5) is 17.1. The highest BCUT2D eigenvalue weighted by molar-refractivity contribution is 5.95. The minimum Gasteiger partial charge on any atom is -0.340 e. The number of likely N-dealkylation sites (N-methyl/N-ethyl adjacent to an activating group) is 2. The first-order chi connectivity index (χ1) is 11.7. The smallest absolute Gasteiger partial charge is 0.257 e. The van der Waals surface area contributed by atoms with Crippen molar-refractivity contribution in [2.75, 3.05) is 40.3 Å². The van der Waals surface area contributed by atoms with Crippen molar-refractivity contribution in [3.05, 3.63) is 17.5 Å². The van der Waals surface area contributed by atoms with Crippen molar-refractivity contribution >= 4 is 5.91 Å². The maximum atomic E-state index is 12.8. The predicted molar refractivity (Wildman–Crippen MR) is 95.3 cm³/mol. The van der Waals surface area contributed by atoms with Crippen molar-refractivity contribution in [1.82, 2.24) is 25.3 Å². The fourth-order valence-electron chi connectivity index (χ4n) is 4.00. The molecule has 6 nitrogen and oxygen atoms in total. The second kappa shape index (κ2) is 8.12. The molecule has 0 radical (unpaired) electrons. The molecule has 1 aromatic rings. The topological polar surface area (TPSA) is 64.3 Å². The monoisotopic (exact) mass is 333 g/mol. The minimum absolute atomic E-state index is 0.0858. The Morgan fingerprint density at radius 3 is 2.71 bits per heavy atom. The highest BCUT2D eigenvalue weighted by Gasteiger charge is 2.26. The van der Waals surface area contributed by atoms with Crippen LogP contribution in [0.15, 0.2) is 6.20 Å². The quantitative estimate of drug-likeness (QED) is 0.833. The van der Waals surface area contributed by atoms with Crippen LogP contribution in [0, 0.1) is 0 Å². The van der Waals surface area contributed by atoms with E-state index in [2.05, 4.69) is 27.5 Å². The zero-order valence-electron chi connectivity index (χ0n) is 15.1. The molecule has 1 saturated heterocycles. The normalized spacial score (nSPS) is 22.2. The van der Waals surface area contributed by atoms with E-state index in [4.69, 9.17) is 0 Å². The van der Waals surface area contributed by atoms with Gasteiger partial charge in [0.2, 0.25) is 0 Å². The Bertz CT molecular complexity index is 531. The third-order valence-electron chi connectivity index (χ3n) is 5.70. The van der Waals surface area contributed by atoms with Crippen LogP contribution < -0.4 is 5.32 Å². The van der Waals surface area contributed by atoms with E-state index in [-0.39, 0.29) is 5.91 Å². The maximum Gasteiger partial charge on any atom is 0.257 e. The standard InChI is InChI=1S/C18H31N5O/c1-22(15-6-4-3-5-7-15)10-11-23(2)18(24)16-13-20-21-17(16)14-8-9-19-12-14/h13-15,19H,3-12H2,1-2H3,(H,20,21). The highest BCUT2D eigenvalue weighted by atomic mass is 16.2. The number of nitrogens with one attached hydrogen (secondary N) is 2. The lowest BCUT2D eigenvalue weighted by Gasteiger charge is -2.32. The number of carbonyl (C=O) groups excluding carboxylic acids is 1. The van der Waals surface area contributed by atoms with Gasteiger partial charge in [0.15, 0.2) is 0 Å². The largest absolute Gasteiger partial charge is 0.340 e. The van der Waals surface area contributed by atoms with Gasteiger partial charge in [-0.05, 0) is 32.9 Å². The van der Waals surface area contributed by atoms with E-state index in [1.54, 1.807) is 6.20 Å². The number of hydrogen-bond donors (Lipinski definition) is 2. The number of carbonyl (C=O) groups is 1. The number of amides is 1. The average molecular weight is 333 g/mol. The van der Waals surface area contributed by atoms with E-state index in [1.807, 2.05) is 11.9 Å². The van der Waals surface area contributed by atoms with Crippen molar-refractivity contribution < 1.29 is 4.79 Å². The summed E-state index contributed by atoms with van der Waals surface area (Å²) in [5.74, 6) is 0.465. The van der Waals surface area contributed by atoms with Gasteiger partial charge in [-0.15, -0.1) is 0 Å². The molecule has 2 N–H and O–H groups in total. The number of aromatic amines is 1. The molecule has 0 bridgehead atoms. The van der Waals surface area contributed by atoms with Gasteiger partial charge in [0.05, 0.1) is 17.5 Å². The molecule has 1 saturated carbocycles. The fourth-order valence-corrected chi connectivity index (χ4v) is 4.00. The molecule has 1 aromatic heterocycles. The van der Waals surface area contributed by atoms with Crippen LogP contribution in [0.4, 0.5) is 0 Å². The van der Waals surface area contributed by atoms with Crippen molar-refractivity contribution in [2.45, 2.75) is 50.5 Å². The molecule has 1 aliphatic carbocycles. The SMILES string of the molecule is CN(CCN(C)C1CCCCC1)C(=O)c1cn[nH]c1C1CCNC1. The Labute approximate surface area is 145 Å². The van der Waals surface area contributed by atoms with Crippen LogP contribution in [-0.2, 0) is 0 Å². The predicted octanol–water partition coefficient (Wildman–Crippen LogP) is 1.82. The Hall–Kier alpha value is -1.40. The van der Waals surface area contributed by atoms with Crippen molar-refractivity contribution in [1.29, 1.82) is 0 Å². The summed E-state index contributed by atoms with van der Waals surface area (Å²) in [5.41, 5.74) is 1.74. The van der Waals surface area contributed by atoms with Crippen LogP contribution in [0.25, 0.3) is 0 Å². The Morgan fingerprint density at radius 1 is 1.21 bits per heavy atom. The maximum absolute atomic E-state index is 12.8. The van der Waals surface area contributed by atoms with E-state index in [0.717, 1.165) is 43.9 Å². The summed E-state index contributed by atoms with van der Waals surface area (Å²) in [6.45, 7) is 3.64. The molecule has 2 heterocycles. The summed E-state index contributed by atoms with van der Waals surface area (Å²) in [6.07, 6.45) is 9.43. The molecular formula is C18H31N5O. The molecule has 6 heteroatoms. The number of H-pyrrole nitrogens is 1. The van der Waals surface area contributed by atoms with Crippen LogP contribution in [0.3, 0.4) is 0 Å². The molecule has 24 heavy (non-hydrogen) atoms. The van der Waals surface area contributed by atoms with Gasteiger partial charge in [0, 0.05) is 38.6 Å². The molecule has 1 aliphatic heterocycles. The lowest BCUT2D eigenvalue weighted by Crippen LogP contribution is -2.40. The van der Waals surface area contributed by atoms with Gasteiger partial charge in [-0.25, -0.2) is 0 Å². The second-order valence-electron chi connectivity index (χ2n) is 7.39. The second-order valence-corrected chi connectivity index (χ2v) is 7.39. The molecule has 0 aromatic carbocycles. The minimum atomic E-state index is 0.0858. The van der Waals surface area contributed by atoms with Crippen LogP contribution in [0.1, 0.15) is 60.5 Å². The fraction of sp³-hybridized carbons (Fsp3) is 0.778. The number of aromatic nitrogens is 2. The van der Waals surface area contributed by atoms with Gasteiger partial charge in [-0.2, -0.15) is 5.10 Å². The molecule has 3 rings (SSSR count). The molecule has 1 atom stereocenters. The Balaban J connectivity index is 1.54. The van der Waals surface area contributed by atoms with E-state index in [0.29, 0.717) is 12.0 Å². The molecule has 2 fully saturated rings. The van der Waals surface area contributed by atoms with Gasteiger partial charge in [0.25, 0.3) is 5.91 Å². The number of rotatable bonds is 6. The summed E-state index contributed by atoms with van der Waals surface area (Å²) < 4.78 is 0. The lowest BCUT2D eigenvalue weighted by molar-refractivity contribution is 0.0766. The molecule has 1 amide bonds.